The third kappa shape index (κ3) is 2.99. The molecule has 0 aliphatic heterocycles. The molecule has 0 saturated heterocycles. The summed E-state index contributed by atoms with van der Waals surface area (Å²) in [5.41, 5.74) is 0.171. The second-order valence-corrected chi connectivity index (χ2v) is 2.17. The molecule has 0 bridgehead atoms. The molecule has 0 amide bonds. The van der Waals surface area contributed by atoms with Gasteiger partial charge in [-0.2, -0.15) is 0 Å². The molecule has 11 heavy (non-hydrogen) atoms. The topological polar surface area (TPSA) is 17.1 Å². The Morgan fingerprint density at radius 1 is 1.45 bits per heavy atom. The molecule has 0 atom stereocenters. The first-order chi connectivity index (χ1) is 6.80. The number of rotatable bonds is 3. The van der Waals surface area contributed by atoms with E-state index >= 15 is 0 Å². The number of carbonyl (C=O) groups is 1. The van der Waals surface area contributed by atoms with Crippen LogP contribution in [0.15, 0.2) is 30.3 Å². The van der Waals surface area contributed by atoms with Crippen LogP contribution in [0.1, 0.15) is 24.3 Å². The second kappa shape index (κ2) is 3.91. The maximum Gasteiger partial charge on any atom is 0.130 e. The van der Waals surface area contributed by atoms with Crippen LogP contribution < -0.4 is 0 Å². The van der Waals surface area contributed by atoms with E-state index < -0.39 is 18.5 Å². The predicted molar refractivity (Wildman–Crippen MR) is 45.4 cm³/mol. The highest BCUT2D eigenvalue weighted by molar-refractivity contribution is 5.75. The van der Waals surface area contributed by atoms with E-state index in [2.05, 4.69) is 0 Å². The fraction of sp³-hybridized carbons (Fsp3) is 0.300. The summed E-state index contributed by atoms with van der Waals surface area (Å²) in [6, 6.07) is 7.89. The lowest BCUT2D eigenvalue weighted by Gasteiger charge is -1.96. The van der Waals surface area contributed by atoms with E-state index in [-0.39, 0.29) is 5.56 Å². The van der Waals surface area contributed by atoms with Gasteiger partial charge >= 0.3 is 0 Å². The maximum atomic E-state index is 11.1. The van der Waals surface area contributed by atoms with E-state index in [4.69, 9.17) is 5.48 Å². The van der Waals surface area contributed by atoms with Crippen LogP contribution in [0, 0.1) is 0 Å². The molecule has 0 saturated carbocycles. The quantitative estimate of drug-likeness (QED) is 0.649. The zero-order valence-electron chi connectivity index (χ0n) is 10.3. The van der Waals surface area contributed by atoms with Gasteiger partial charge in [-0.3, -0.25) is 0 Å². The molecular weight excluding hydrogens is 136 g/mol. The highest BCUT2D eigenvalue weighted by Crippen LogP contribution is 2.01. The fourth-order valence-electron chi connectivity index (χ4n) is 0.682. The first kappa shape index (κ1) is 4.05. The molecule has 1 nitrogen and oxygen atoms in total. The van der Waals surface area contributed by atoms with Crippen LogP contribution in [-0.4, -0.2) is 5.78 Å². The van der Waals surface area contributed by atoms with E-state index in [1.165, 1.54) is 12.1 Å². The lowest BCUT2D eigenvalue weighted by molar-refractivity contribution is -0.116. The zero-order valence-corrected chi connectivity index (χ0v) is 6.29. The Kier molecular flexibility index (Phi) is 1.44. The van der Waals surface area contributed by atoms with Gasteiger partial charge in [0.25, 0.3) is 0 Å². The lowest BCUT2D eigenvalue weighted by Crippen LogP contribution is -1.92. The number of hydrogen-bond donors (Lipinski definition) is 0. The third-order valence-corrected chi connectivity index (χ3v) is 1.16. The van der Waals surface area contributed by atoms with Gasteiger partial charge < -0.3 is 4.79 Å². The van der Waals surface area contributed by atoms with Crippen molar-refractivity contribution in [1.29, 1.82) is 0 Å². The molecule has 0 spiro atoms. The Morgan fingerprint density at radius 2 is 2.09 bits per heavy atom. The number of carbonyl (C=O) groups excluding carboxylic acids is 1. The van der Waals surface area contributed by atoms with Gasteiger partial charge in [-0.1, -0.05) is 30.3 Å². The van der Waals surface area contributed by atoms with Crippen molar-refractivity contribution in [3.63, 3.8) is 0 Å². The maximum absolute atomic E-state index is 11.1. The van der Waals surface area contributed by atoms with Crippen LogP contribution in [0.25, 0.3) is 0 Å². The van der Waals surface area contributed by atoms with Crippen LogP contribution in [0.4, 0.5) is 0 Å². The number of benzene rings is 1. The molecule has 0 aromatic heterocycles. The molecule has 0 unspecified atom stereocenters. The minimum absolute atomic E-state index is 0.171. The smallest absolute Gasteiger partial charge is 0.130 e. The van der Waals surface area contributed by atoms with Crippen molar-refractivity contribution in [2.75, 3.05) is 0 Å². The van der Waals surface area contributed by atoms with E-state index in [1.54, 1.807) is 18.2 Å². The molecule has 1 rings (SSSR count). The Morgan fingerprint density at radius 3 is 2.64 bits per heavy atom. The molecule has 1 aromatic rings. The second-order valence-electron chi connectivity index (χ2n) is 2.17. The molecule has 1 aromatic carbocycles. The predicted octanol–water partition coefficient (Wildman–Crippen LogP) is 2.21. The van der Waals surface area contributed by atoms with Crippen molar-refractivity contribution < 1.29 is 10.3 Å². The van der Waals surface area contributed by atoms with Crippen molar-refractivity contribution in [2.24, 2.45) is 0 Å². The molecule has 58 valence electrons. The van der Waals surface area contributed by atoms with Crippen molar-refractivity contribution in [2.45, 2.75) is 19.7 Å². The Labute approximate surface area is 72.7 Å². The van der Waals surface area contributed by atoms with Gasteiger partial charge in [0, 0.05) is 11.9 Å². The van der Waals surface area contributed by atoms with Gasteiger partial charge in [0.15, 0.2) is 0 Å². The van der Waals surface area contributed by atoms with E-state index in [0.717, 1.165) is 6.92 Å². The fourth-order valence-corrected chi connectivity index (χ4v) is 0.682. The van der Waals surface area contributed by atoms with Crippen molar-refractivity contribution in [3.05, 3.63) is 35.9 Å². The molecule has 0 radical (unpaired) electrons. The Balaban J connectivity index is 3.19. The van der Waals surface area contributed by atoms with Crippen molar-refractivity contribution >= 4 is 5.78 Å². The molecule has 0 heterocycles. The Hall–Kier alpha value is -1.11. The summed E-state index contributed by atoms with van der Waals surface area (Å²) >= 11 is 0. The molecule has 0 fully saturated rings. The van der Waals surface area contributed by atoms with Gasteiger partial charge in [-0.05, 0) is 18.9 Å². The first-order valence-corrected chi connectivity index (χ1v) is 3.36. The Bertz CT molecular complexity index is 359. The molecular formula is C10H12O. The zero-order chi connectivity index (χ0) is 11.7. The van der Waals surface area contributed by atoms with Crippen LogP contribution in [-0.2, 0) is 11.2 Å². The summed E-state index contributed by atoms with van der Waals surface area (Å²) in [7, 11) is 0. The third-order valence-electron chi connectivity index (χ3n) is 1.16. The van der Waals surface area contributed by atoms with E-state index in [0.29, 0.717) is 0 Å². The van der Waals surface area contributed by atoms with Crippen LogP contribution in [0.5, 0.6) is 0 Å². The minimum Gasteiger partial charge on any atom is -0.300 e. The summed E-state index contributed by atoms with van der Waals surface area (Å²) in [6.07, 6.45) is -4.81. The molecule has 0 N–H and O–H groups in total. The number of hydrogen-bond acceptors (Lipinski definition) is 1. The first-order valence-electron chi connectivity index (χ1n) is 5.36. The average Bonchev–Trinajstić information content (AvgIpc) is 2.18. The lowest BCUT2D eigenvalue weighted by atomic mass is 10.1. The minimum atomic E-state index is -2.51. The summed E-state index contributed by atoms with van der Waals surface area (Å²) in [5.74, 6) is -0.809. The van der Waals surface area contributed by atoms with E-state index in [9.17, 15) is 4.79 Å². The van der Waals surface area contributed by atoms with Gasteiger partial charge in [0.1, 0.15) is 5.78 Å². The highest BCUT2D eigenvalue weighted by Gasteiger charge is 1.94. The number of aryl methyl sites for hydroxylation is 1. The normalized spacial score (nSPS) is 17.5. The molecule has 0 aliphatic carbocycles. The monoisotopic (exact) mass is 152 g/mol. The summed E-state index contributed by atoms with van der Waals surface area (Å²) in [5, 5.41) is 0. The van der Waals surface area contributed by atoms with Gasteiger partial charge in [0.05, 0.1) is 0 Å². The van der Waals surface area contributed by atoms with Crippen LogP contribution >= 0.6 is 0 Å². The molecule has 0 aliphatic rings. The largest absolute Gasteiger partial charge is 0.300 e. The summed E-state index contributed by atoms with van der Waals surface area (Å²) in [4.78, 5) is 11.1. The van der Waals surface area contributed by atoms with Crippen LogP contribution in [0.2, 0.25) is 0 Å². The summed E-state index contributed by atoms with van der Waals surface area (Å²) < 4.78 is 30.3. The van der Waals surface area contributed by atoms with Gasteiger partial charge in [-0.25, -0.2) is 0 Å². The van der Waals surface area contributed by atoms with E-state index in [1.807, 2.05) is 0 Å². The summed E-state index contributed by atoms with van der Waals surface area (Å²) in [6.45, 7) is 1.06. The van der Waals surface area contributed by atoms with Crippen LogP contribution in [0.3, 0.4) is 0 Å². The van der Waals surface area contributed by atoms with Gasteiger partial charge in [-0.15, -0.1) is 0 Å². The number of ketones is 1. The van der Waals surface area contributed by atoms with Crippen molar-refractivity contribution in [1.82, 2.24) is 0 Å². The number of Topliss-reactive ketones (excluding diaryl/α,β-unsaturated/α-hetero) is 1. The van der Waals surface area contributed by atoms with Gasteiger partial charge in [0.2, 0.25) is 0 Å². The SMILES string of the molecule is [2H]C([2H])(C(C)=O)C([2H])([2H])c1ccccc1. The van der Waals surface area contributed by atoms with Crippen molar-refractivity contribution in [3.8, 4) is 0 Å². The highest BCUT2D eigenvalue weighted by atomic mass is 16.1. The standard InChI is InChI=1S/C10H12O/c1-9(11)7-8-10-5-3-2-4-6-10/h2-6H,7-8H2,1H3/i7D2,8D2. The molecule has 1 heteroatoms. The average molecular weight is 152 g/mol.